The fourth-order valence-electron chi connectivity index (χ4n) is 2.70. The highest BCUT2D eigenvalue weighted by Crippen LogP contribution is 2.31. The highest BCUT2D eigenvalue weighted by atomic mass is 32.2. The van der Waals surface area contributed by atoms with Crippen molar-refractivity contribution in [1.82, 2.24) is 9.88 Å². The number of hydrogen-bond acceptors (Lipinski definition) is 8. The van der Waals surface area contributed by atoms with Crippen molar-refractivity contribution in [3.05, 3.63) is 48.2 Å². The van der Waals surface area contributed by atoms with E-state index in [0.717, 1.165) is 16.7 Å². The summed E-state index contributed by atoms with van der Waals surface area (Å²) in [5.41, 5.74) is 0.619. The van der Waals surface area contributed by atoms with Gasteiger partial charge in [-0.1, -0.05) is 17.8 Å². The molecule has 1 saturated heterocycles. The first-order valence-corrected chi connectivity index (χ1v) is 9.80. The van der Waals surface area contributed by atoms with Crippen LogP contribution in [-0.4, -0.2) is 59.6 Å². The van der Waals surface area contributed by atoms with Gasteiger partial charge in [-0.05, 0) is 24.3 Å². The molecule has 156 valence electrons. The zero-order valence-electron chi connectivity index (χ0n) is 16.3. The number of imide groups is 1. The Kier molecular flexibility index (Phi) is 6.68. The molecule has 1 aliphatic heterocycles. The van der Waals surface area contributed by atoms with Crippen LogP contribution in [0.1, 0.15) is 16.8 Å². The van der Waals surface area contributed by atoms with Crippen molar-refractivity contribution in [2.75, 3.05) is 26.1 Å². The second kappa shape index (κ2) is 9.40. The van der Waals surface area contributed by atoms with Gasteiger partial charge in [-0.3, -0.25) is 19.3 Å². The van der Waals surface area contributed by atoms with Gasteiger partial charge in [0.15, 0.2) is 6.61 Å². The van der Waals surface area contributed by atoms with E-state index < -0.39 is 23.7 Å². The van der Waals surface area contributed by atoms with Gasteiger partial charge in [-0.25, -0.2) is 9.78 Å². The van der Waals surface area contributed by atoms with Crippen LogP contribution in [0.2, 0.25) is 0 Å². The van der Waals surface area contributed by atoms with Crippen molar-refractivity contribution in [2.45, 2.75) is 16.7 Å². The van der Waals surface area contributed by atoms with E-state index in [-0.39, 0.29) is 28.8 Å². The first kappa shape index (κ1) is 21.3. The number of nitrogens with zero attached hydrogens (tertiary/aromatic N) is 2. The van der Waals surface area contributed by atoms with Gasteiger partial charge in [0.2, 0.25) is 11.8 Å². The Balaban J connectivity index is 1.61. The first-order valence-electron chi connectivity index (χ1n) is 8.92. The number of pyridine rings is 1. The predicted octanol–water partition coefficient (Wildman–Crippen LogP) is 1.74. The second-order valence-electron chi connectivity index (χ2n) is 6.31. The number of esters is 1. The van der Waals surface area contributed by atoms with Crippen LogP contribution in [0.5, 0.6) is 5.75 Å². The quantitative estimate of drug-likeness (QED) is 0.523. The van der Waals surface area contributed by atoms with Gasteiger partial charge in [-0.2, -0.15) is 0 Å². The van der Waals surface area contributed by atoms with Crippen LogP contribution >= 0.6 is 11.8 Å². The molecule has 0 saturated carbocycles. The monoisotopic (exact) mass is 429 g/mol. The van der Waals surface area contributed by atoms with Gasteiger partial charge in [0, 0.05) is 31.4 Å². The lowest BCUT2D eigenvalue weighted by molar-refractivity contribution is -0.136. The number of benzene rings is 1. The number of carbonyl (C=O) groups is 4. The van der Waals surface area contributed by atoms with E-state index in [4.69, 9.17) is 9.47 Å². The third-order valence-corrected chi connectivity index (χ3v) is 5.47. The molecular formula is C20H19N3O6S. The average molecular weight is 429 g/mol. The molecule has 3 amide bonds. The summed E-state index contributed by atoms with van der Waals surface area (Å²) in [5, 5.41) is 2.22. The van der Waals surface area contributed by atoms with Crippen LogP contribution < -0.4 is 10.1 Å². The Labute approximate surface area is 176 Å². The molecule has 1 N–H and O–H groups in total. The molecule has 0 spiro atoms. The lowest BCUT2D eigenvalue weighted by atomic mass is 10.3. The number of aromatic nitrogens is 1. The summed E-state index contributed by atoms with van der Waals surface area (Å²) in [6.45, 7) is -0.501. The molecular weight excluding hydrogens is 410 g/mol. The Bertz CT molecular complexity index is 996. The minimum absolute atomic E-state index is 0.0357. The summed E-state index contributed by atoms with van der Waals surface area (Å²) in [6, 6.07) is 9.79. The maximum absolute atomic E-state index is 12.5. The molecule has 0 aliphatic carbocycles. The van der Waals surface area contributed by atoms with E-state index in [1.165, 1.54) is 26.4 Å². The van der Waals surface area contributed by atoms with Gasteiger partial charge in [0.05, 0.1) is 17.9 Å². The second-order valence-corrected chi connectivity index (χ2v) is 7.51. The summed E-state index contributed by atoms with van der Waals surface area (Å²) in [6.07, 6.45) is 1.51. The van der Waals surface area contributed by atoms with Crippen molar-refractivity contribution in [2.24, 2.45) is 0 Å². The zero-order valence-corrected chi connectivity index (χ0v) is 17.1. The topological polar surface area (TPSA) is 115 Å². The lowest BCUT2D eigenvalue weighted by Crippen LogP contribution is -2.26. The summed E-state index contributed by atoms with van der Waals surface area (Å²) in [7, 11) is 2.93. The fraction of sp³-hybridized carbons (Fsp3) is 0.250. The summed E-state index contributed by atoms with van der Waals surface area (Å²) >= 11 is 1.02. The molecule has 1 fully saturated rings. The minimum Gasteiger partial charge on any atom is -0.497 e. The number of methoxy groups -OCH3 is 1. The molecule has 2 aromatic rings. The van der Waals surface area contributed by atoms with E-state index in [1.54, 1.807) is 30.3 Å². The smallest absolute Gasteiger partial charge is 0.341 e. The number of nitrogens with one attached hydrogen (secondary N) is 1. The molecule has 1 atom stereocenters. The SMILES string of the molecule is COc1cccc(NC(=O)COC(=O)c2cccnc2SC2CC(=O)N(C)C2=O)c1. The van der Waals surface area contributed by atoms with Crippen LogP contribution in [0.3, 0.4) is 0 Å². The third kappa shape index (κ3) is 4.95. The summed E-state index contributed by atoms with van der Waals surface area (Å²) in [4.78, 5) is 53.6. The van der Waals surface area contributed by atoms with Crippen LogP contribution in [-0.2, 0) is 19.1 Å². The van der Waals surface area contributed by atoms with Gasteiger partial charge < -0.3 is 14.8 Å². The minimum atomic E-state index is -0.753. The van der Waals surface area contributed by atoms with Gasteiger partial charge >= 0.3 is 5.97 Å². The Morgan fingerprint density at radius 3 is 2.77 bits per heavy atom. The molecule has 30 heavy (non-hydrogen) atoms. The van der Waals surface area contributed by atoms with Crippen LogP contribution in [0.4, 0.5) is 5.69 Å². The number of anilines is 1. The van der Waals surface area contributed by atoms with Crippen LogP contribution in [0, 0.1) is 0 Å². The number of likely N-dealkylation sites (tertiary alicyclic amines) is 1. The molecule has 3 rings (SSSR count). The van der Waals surface area contributed by atoms with Gasteiger partial charge in [-0.15, -0.1) is 0 Å². The number of amides is 3. The van der Waals surface area contributed by atoms with E-state index in [0.29, 0.717) is 11.4 Å². The fourth-order valence-corrected chi connectivity index (χ4v) is 3.85. The maximum Gasteiger partial charge on any atom is 0.341 e. The van der Waals surface area contributed by atoms with Crippen molar-refractivity contribution in [3.8, 4) is 5.75 Å². The van der Waals surface area contributed by atoms with E-state index >= 15 is 0 Å². The molecule has 1 aromatic heterocycles. The van der Waals surface area contributed by atoms with Crippen LogP contribution in [0.15, 0.2) is 47.6 Å². The molecule has 1 aliphatic rings. The predicted molar refractivity (Wildman–Crippen MR) is 108 cm³/mol. The maximum atomic E-state index is 12.5. The van der Waals surface area contributed by atoms with Crippen molar-refractivity contribution < 1.29 is 28.7 Å². The van der Waals surface area contributed by atoms with Crippen molar-refractivity contribution in [1.29, 1.82) is 0 Å². The largest absolute Gasteiger partial charge is 0.497 e. The molecule has 0 radical (unpaired) electrons. The third-order valence-electron chi connectivity index (χ3n) is 4.27. The Morgan fingerprint density at radius 2 is 2.07 bits per heavy atom. The number of carbonyl (C=O) groups excluding carboxylic acids is 4. The van der Waals surface area contributed by atoms with Crippen LogP contribution in [0.25, 0.3) is 0 Å². The van der Waals surface area contributed by atoms with Gasteiger partial charge in [0.1, 0.15) is 10.8 Å². The summed E-state index contributed by atoms with van der Waals surface area (Å²) in [5.74, 6) is -1.32. The van der Waals surface area contributed by atoms with Crippen molar-refractivity contribution >= 4 is 41.1 Å². The highest BCUT2D eigenvalue weighted by Gasteiger charge is 2.37. The van der Waals surface area contributed by atoms with Gasteiger partial charge in [0.25, 0.3) is 5.91 Å². The number of ether oxygens (including phenoxy) is 2. The summed E-state index contributed by atoms with van der Waals surface area (Å²) < 4.78 is 10.2. The number of rotatable bonds is 7. The van der Waals surface area contributed by atoms with E-state index in [9.17, 15) is 19.2 Å². The Morgan fingerprint density at radius 1 is 1.27 bits per heavy atom. The zero-order chi connectivity index (χ0) is 21.7. The lowest BCUT2D eigenvalue weighted by Gasteiger charge is -2.11. The average Bonchev–Trinajstić information content (AvgIpc) is 2.99. The van der Waals surface area contributed by atoms with E-state index in [2.05, 4.69) is 10.3 Å². The molecule has 10 heteroatoms. The molecule has 2 heterocycles. The highest BCUT2D eigenvalue weighted by molar-refractivity contribution is 8.00. The number of thioether (sulfide) groups is 1. The van der Waals surface area contributed by atoms with E-state index in [1.807, 2.05) is 0 Å². The molecule has 0 bridgehead atoms. The first-order chi connectivity index (χ1) is 14.4. The Hall–Kier alpha value is -3.40. The number of hydrogen-bond donors (Lipinski definition) is 1. The normalized spacial score (nSPS) is 15.8. The standard InChI is InChI=1S/C20H19N3O6S/c1-23-17(25)10-15(19(23)26)30-18-14(7-4-8-21-18)20(27)29-11-16(24)22-12-5-3-6-13(9-12)28-2/h3-9,15H,10-11H2,1-2H3,(H,22,24). The molecule has 1 unspecified atom stereocenters. The van der Waals surface area contributed by atoms with Crippen molar-refractivity contribution in [3.63, 3.8) is 0 Å². The molecule has 1 aromatic carbocycles. The molecule has 9 nitrogen and oxygen atoms in total.